The Morgan fingerprint density at radius 2 is 1.62 bits per heavy atom. The van der Waals surface area contributed by atoms with E-state index in [2.05, 4.69) is 0 Å². The summed E-state index contributed by atoms with van der Waals surface area (Å²) in [6, 6.07) is 7.98. The summed E-state index contributed by atoms with van der Waals surface area (Å²) in [5.41, 5.74) is 1.05. The zero-order chi connectivity index (χ0) is 17.3. The van der Waals surface area contributed by atoms with Gasteiger partial charge in [-0.2, -0.15) is 0 Å². The van der Waals surface area contributed by atoms with Gasteiger partial charge in [0.25, 0.3) is 0 Å². The molecule has 3 rings (SSSR count). The summed E-state index contributed by atoms with van der Waals surface area (Å²) in [5, 5.41) is 10.1. The number of aromatic hydroxyl groups is 1. The molecular weight excluding hydrogens is 312 g/mol. The van der Waals surface area contributed by atoms with Crippen LogP contribution in [0.2, 0.25) is 0 Å². The Labute approximate surface area is 137 Å². The molecule has 0 aliphatic carbocycles. The largest absolute Gasteiger partial charge is 0.504 e. The van der Waals surface area contributed by atoms with Crippen molar-refractivity contribution in [3.63, 3.8) is 0 Å². The normalized spacial score (nSPS) is 10.6. The van der Waals surface area contributed by atoms with Crippen molar-refractivity contribution in [3.8, 4) is 34.1 Å². The summed E-state index contributed by atoms with van der Waals surface area (Å²) in [7, 11) is 4.49. The highest BCUT2D eigenvalue weighted by atomic mass is 16.5. The molecule has 0 spiro atoms. The van der Waals surface area contributed by atoms with E-state index < -0.39 is 0 Å². The lowest BCUT2D eigenvalue weighted by molar-refractivity contribution is 0.355. The summed E-state index contributed by atoms with van der Waals surface area (Å²) in [4.78, 5) is 12.8. The number of ether oxygens (including phenoxy) is 3. The van der Waals surface area contributed by atoms with E-state index in [0.29, 0.717) is 28.0 Å². The van der Waals surface area contributed by atoms with E-state index in [1.165, 1.54) is 32.6 Å². The molecule has 1 heterocycles. The van der Waals surface area contributed by atoms with Crippen LogP contribution in [-0.4, -0.2) is 26.4 Å². The van der Waals surface area contributed by atoms with Gasteiger partial charge in [0.15, 0.2) is 23.0 Å². The number of phenols is 1. The van der Waals surface area contributed by atoms with Gasteiger partial charge in [0, 0.05) is 6.07 Å². The molecule has 3 aromatic rings. The van der Waals surface area contributed by atoms with Gasteiger partial charge < -0.3 is 23.7 Å². The maximum atomic E-state index is 12.8. The Morgan fingerprint density at radius 3 is 2.29 bits per heavy atom. The number of phenolic OH excluding ortho intramolecular Hbond substituents is 1. The molecule has 0 fully saturated rings. The Hall–Kier alpha value is -3.15. The third-order valence-electron chi connectivity index (χ3n) is 3.77. The fourth-order valence-corrected chi connectivity index (χ4v) is 2.51. The van der Waals surface area contributed by atoms with Crippen LogP contribution in [0.25, 0.3) is 22.1 Å². The van der Waals surface area contributed by atoms with Gasteiger partial charge in [-0.1, -0.05) is 6.07 Å². The predicted octanol–water partition coefficient (Wildman–Crippen LogP) is 3.19. The second kappa shape index (κ2) is 6.16. The van der Waals surface area contributed by atoms with Crippen LogP contribution in [0.5, 0.6) is 23.0 Å². The molecule has 0 amide bonds. The van der Waals surface area contributed by atoms with Gasteiger partial charge in [0.2, 0.25) is 5.43 Å². The molecule has 1 aromatic heterocycles. The fourth-order valence-electron chi connectivity index (χ4n) is 2.51. The first-order chi connectivity index (χ1) is 11.6. The van der Waals surface area contributed by atoms with Crippen LogP contribution in [0.1, 0.15) is 0 Å². The number of hydrogen-bond acceptors (Lipinski definition) is 6. The number of methoxy groups -OCH3 is 3. The molecule has 2 aromatic carbocycles. The van der Waals surface area contributed by atoms with Gasteiger partial charge in [0.1, 0.15) is 11.8 Å². The van der Waals surface area contributed by atoms with Gasteiger partial charge in [-0.25, -0.2) is 0 Å². The van der Waals surface area contributed by atoms with E-state index in [1.807, 2.05) is 0 Å². The number of rotatable bonds is 4. The highest BCUT2D eigenvalue weighted by molar-refractivity contribution is 5.84. The second-order valence-electron chi connectivity index (χ2n) is 5.07. The predicted molar refractivity (Wildman–Crippen MR) is 89.2 cm³/mol. The molecule has 0 saturated heterocycles. The van der Waals surface area contributed by atoms with Crippen LogP contribution in [0.15, 0.2) is 45.8 Å². The quantitative estimate of drug-likeness (QED) is 0.792. The van der Waals surface area contributed by atoms with Crippen molar-refractivity contribution in [3.05, 3.63) is 46.8 Å². The lowest BCUT2D eigenvalue weighted by Gasteiger charge is -2.10. The van der Waals surface area contributed by atoms with Crippen LogP contribution >= 0.6 is 0 Å². The SMILES string of the molecule is COc1cc2c(=O)c(-c3ccc(OC)c(OC)c3)coc2cc1O. The maximum Gasteiger partial charge on any atom is 0.200 e. The fraction of sp³-hybridized carbons (Fsp3) is 0.167. The van der Waals surface area contributed by atoms with E-state index in [1.54, 1.807) is 25.3 Å². The van der Waals surface area contributed by atoms with Crippen LogP contribution in [-0.2, 0) is 0 Å². The first-order valence-corrected chi connectivity index (χ1v) is 7.14. The van der Waals surface area contributed by atoms with E-state index >= 15 is 0 Å². The molecule has 0 saturated carbocycles. The molecule has 0 atom stereocenters. The van der Waals surface area contributed by atoms with E-state index in [0.717, 1.165) is 0 Å². The van der Waals surface area contributed by atoms with Crippen molar-refractivity contribution >= 4 is 11.0 Å². The van der Waals surface area contributed by atoms with Gasteiger partial charge >= 0.3 is 0 Å². The minimum atomic E-state index is -0.234. The van der Waals surface area contributed by atoms with Crippen molar-refractivity contribution < 1.29 is 23.7 Å². The molecular formula is C18H16O6. The summed E-state index contributed by atoms with van der Waals surface area (Å²) in [6.07, 6.45) is 1.36. The Balaban J connectivity index is 2.22. The molecule has 6 nitrogen and oxygen atoms in total. The Kier molecular flexibility index (Phi) is 4.04. The lowest BCUT2D eigenvalue weighted by Crippen LogP contribution is -2.05. The first-order valence-electron chi connectivity index (χ1n) is 7.14. The van der Waals surface area contributed by atoms with Crippen molar-refractivity contribution in [2.75, 3.05) is 21.3 Å². The molecule has 6 heteroatoms. The summed E-state index contributed by atoms with van der Waals surface area (Å²) in [5.74, 6) is 1.20. The van der Waals surface area contributed by atoms with Crippen LogP contribution in [0, 0.1) is 0 Å². The molecule has 1 N–H and O–H groups in total. The van der Waals surface area contributed by atoms with Crippen molar-refractivity contribution in [2.24, 2.45) is 0 Å². The van der Waals surface area contributed by atoms with Crippen LogP contribution < -0.4 is 19.6 Å². The minimum Gasteiger partial charge on any atom is -0.504 e. The third-order valence-corrected chi connectivity index (χ3v) is 3.77. The number of fused-ring (bicyclic) bond motifs is 1. The van der Waals surface area contributed by atoms with Crippen molar-refractivity contribution in [2.45, 2.75) is 0 Å². The van der Waals surface area contributed by atoms with Crippen LogP contribution in [0.4, 0.5) is 0 Å². The van der Waals surface area contributed by atoms with Gasteiger partial charge in [-0.05, 0) is 23.8 Å². The molecule has 0 aliphatic rings. The van der Waals surface area contributed by atoms with E-state index in [9.17, 15) is 9.90 Å². The average Bonchev–Trinajstić information content (AvgIpc) is 2.61. The highest BCUT2D eigenvalue weighted by Crippen LogP contribution is 2.33. The number of hydrogen-bond donors (Lipinski definition) is 1. The van der Waals surface area contributed by atoms with Gasteiger partial charge in [-0.3, -0.25) is 4.79 Å². The Bertz CT molecular complexity index is 958. The number of benzene rings is 2. The van der Waals surface area contributed by atoms with E-state index in [4.69, 9.17) is 18.6 Å². The lowest BCUT2D eigenvalue weighted by atomic mass is 10.0. The first kappa shape index (κ1) is 15.7. The smallest absolute Gasteiger partial charge is 0.200 e. The summed E-state index contributed by atoms with van der Waals surface area (Å²) >= 11 is 0. The van der Waals surface area contributed by atoms with Gasteiger partial charge in [0.05, 0.1) is 32.3 Å². The zero-order valence-electron chi connectivity index (χ0n) is 13.5. The summed E-state index contributed by atoms with van der Waals surface area (Å²) < 4.78 is 21.0. The standard InChI is InChI=1S/C18H16O6/c1-21-14-5-4-10(6-17(14)23-3)12-9-24-15-8-13(19)16(22-2)7-11(15)18(12)20/h4-9,19H,1-3H3. The van der Waals surface area contributed by atoms with Crippen molar-refractivity contribution in [1.82, 2.24) is 0 Å². The molecule has 24 heavy (non-hydrogen) atoms. The monoisotopic (exact) mass is 328 g/mol. The summed E-state index contributed by atoms with van der Waals surface area (Å²) in [6.45, 7) is 0. The minimum absolute atomic E-state index is 0.0907. The Morgan fingerprint density at radius 1 is 0.917 bits per heavy atom. The molecule has 0 aliphatic heterocycles. The molecule has 0 unspecified atom stereocenters. The highest BCUT2D eigenvalue weighted by Gasteiger charge is 2.14. The molecule has 124 valence electrons. The topological polar surface area (TPSA) is 78.1 Å². The zero-order valence-corrected chi connectivity index (χ0v) is 13.5. The second-order valence-corrected chi connectivity index (χ2v) is 5.07. The van der Waals surface area contributed by atoms with Gasteiger partial charge in [-0.15, -0.1) is 0 Å². The van der Waals surface area contributed by atoms with Crippen molar-refractivity contribution in [1.29, 1.82) is 0 Å². The maximum absolute atomic E-state index is 12.8. The molecule has 0 bridgehead atoms. The average molecular weight is 328 g/mol. The third kappa shape index (κ3) is 2.52. The molecule has 0 radical (unpaired) electrons. The van der Waals surface area contributed by atoms with E-state index in [-0.39, 0.29) is 22.5 Å². The van der Waals surface area contributed by atoms with Crippen LogP contribution in [0.3, 0.4) is 0 Å².